The molecule has 0 spiro atoms. The number of hydrogen-bond acceptors (Lipinski definition) is 3. The molecule has 5 heteroatoms. The van der Waals surface area contributed by atoms with Gasteiger partial charge in [-0.2, -0.15) is 0 Å². The molecule has 0 saturated carbocycles. The van der Waals surface area contributed by atoms with E-state index < -0.39 is 0 Å². The zero-order chi connectivity index (χ0) is 13.2. The lowest BCUT2D eigenvalue weighted by molar-refractivity contribution is 0.0778. The van der Waals surface area contributed by atoms with E-state index in [1.807, 2.05) is 0 Å². The molecule has 1 rings (SSSR count). The Morgan fingerprint density at radius 3 is 2.59 bits per heavy atom. The maximum Gasteiger partial charge on any atom is 0.254 e. The average molecular weight is 252 g/mol. The maximum absolute atomic E-state index is 12.2. The van der Waals surface area contributed by atoms with Gasteiger partial charge in [0.15, 0.2) is 0 Å². The van der Waals surface area contributed by atoms with Crippen LogP contribution in [0.4, 0.5) is 0 Å². The molecule has 0 fully saturated rings. The van der Waals surface area contributed by atoms with Crippen molar-refractivity contribution in [2.24, 2.45) is 5.73 Å². The number of thiocarbonyl (C=S) groups is 1. The lowest BCUT2D eigenvalue weighted by atomic mass is 10.1. The van der Waals surface area contributed by atoms with E-state index in [0.717, 1.165) is 5.56 Å². The molecule has 0 aromatic heterocycles. The third-order valence-electron chi connectivity index (χ3n) is 2.75. The van der Waals surface area contributed by atoms with Crippen molar-refractivity contribution >= 4 is 23.1 Å². The molecule has 0 heterocycles. The summed E-state index contributed by atoms with van der Waals surface area (Å²) < 4.78 is 0. The van der Waals surface area contributed by atoms with Gasteiger partial charge in [-0.25, -0.2) is 0 Å². The predicted octanol–water partition coefficient (Wildman–Crippen LogP) is 1.45. The van der Waals surface area contributed by atoms with Gasteiger partial charge < -0.3 is 15.7 Å². The van der Waals surface area contributed by atoms with Crippen LogP contribution in [-0.4, -0.2) is 34.0 Å². The van der Waals surface area contributed by atoms with Gasteiger partial charge in [0.05, 0.1) is 11.0 Å². The van der Waals surface area contributed by atoms with Gasteiger partial charge in [0.1, 0.15) is 5.75 Å². The van der Waals surface area contributed by atoms with Gasteiger partial charge in [0.25, 0.3) is 5.91 Å². The minimum atomic E-state index is -0.300. The molecule has 3 N–H and O–H groups in total. The quantitative estimate of drug-likeness (QED) is 0.799. The van der Waals surface area contributed by atoms with E-state index in [9.17, 15) is 9.90 Å². The highest BCUT2D eigenvalue weighted by Crippen LogP contribution is 2.17. The molecule has 0 saturated heterocycles. The van der Waals surface area contributed by atoms with Crippen LogP contribution in [0, 0.1) is 6.92 Å². The van der Waals surface area contributed by atoms with Crippen molar-refractivity contribution in [1.29, 1.82) is 0 Å². The van der Waals surface area contributed by atoms with Gasteiger partial charge in [0, 0.05) is 12.6 Å². The van der Waals surface area contributed by atoms with Gasteiger partial charge in [-0.1, -0.05) is 12.2 Å². The van der Waals surface area contributed by atoms with E-state index in [1.54, 1.807) is 33.0 Å². The summed E-state index contributed by atoms with van der Waals surface area (Å²) in [5.74, 6) is -0.0214. The number of carbonyl (C=O) groups excluding carboxylic acids is 1. The largest absolute Gasteiger partial charge is 0.508 e. The topological polar surface area (TPSA) is 66.6 Å². The summed E-state index contributed by atoms with van der Waals surface area (Å²) in [6.45, 7) is 3.54. The van der Waals surface area contributed by atoms with Crippen LogP contribution in [0.25, 0.3) is 0 Å². The van der Waals surface area contributed by atoms with Gasteiger partial charge in [-0.15, -0.1) is 0 Å². The molecule has 0 bridgehead atoms. The van der Waals surface area contributed by atoms with Crippen LogP contribution in [0.3, 0.4) is 0 Å². The molecule has 1 aromatic carbocycles. The zero-order valence-electron chi connectivity index (χ0n) is 10.1. The number of benzene rings is 1. The van der Waals surface area contributed by atoms with E-state index in [-0.39, 0.29) is 22.7 Å². The van der Waals surface area contributed by atoms with Gasteiger partial charge >= 0.3 is 0 Å². The average Bonchev–Trinajstić information content (AvgIpc) is 2.26. The number of nitrogens with zero attached hydrogens (tertiary/aromatic N) is 1. The van der Waals surface area contributed by atoms with Gasteiger partial charge in [0.2, 0.25) is 0 Å². The highest BCUT2D eigenvalue weighted by Gasteiger charge is 2.20. The summed E-state index contributed by atoms with van der Waals surface area (Å²) in [7, 11) is 1.65. The van der Waals surface area contributed by atoms with Crippen molar-refractivity contribution in [3.63, 3.8) is 0 Å². The third kappa shape index (κ3) is 2.94. The zero-order valence-corrected chi connectivity index (χ0v) is 10.9. The molecule has 17 heavy (non-hydrogen) atoms. The summed E-state index contributed by atoms with van der Waals surface area (Å²) in [6, 6.07) is 4.33. The van der Waals surface area contributed by atoms with Crippen LogP contribution in [0.5, 0.6) is 5.75 Å². The molecule has 4 nitrogen and oxygen atoms in total. The predicted molar refractivity (Wildman–Crippen MR) is 71.2 cm³/mol. The van der Waals surface area contributed by atoms with Crippen LogP contribution in [-0.2, 0) is 0 Å². The normalized spacial score (nSPS) is 11.9. The highest BCUT2D eigenvalue weighted by atomic mass is 32.1. The van der Waals surface area contributed by atoms with Gasteiger partial charge in [-0.05, 0) is 37.6 Å². The van der Waals surface area contributed by atoms with E-state index >= 15 is 0 Å². The number of likely N-dealkylation sites (N-methyl/N-ethyl adjacent to an activating group) is 1. The second kappa shape index (κ2) is 5.14. The Balaban J connectivity index is 3.00. The summed E-state index contributed by atoms with van der Waals surface area (Å²) in [5.41, 5.74) is 6.77. The Labute approximate surface area is 106 Å². The van der Waals surface area contributed by atoms with Crippen LogP contribution in [0.15, 0.2) is 18.2 Å². The number of phenolic OH excluding ortho intramolecular Hbond substituents is 1. The molecule has 0 radical (unpaired) electrons. The number of amides is 1. The van der Waals surface area contributed by atoms with Crippen molar-refractivity contribution < 1.29 is 9.90 Å². The number of aryl methyl sites for hydroxylation is 1. The number of aromatic hydroxyl groups is 1. The first-order valence-electron chi connectivity index (χ1n) is 5.20. The molecule has 92 valence electrons. The molecule has 0 aliphatic heterocycles. The van der Waals surface area contributed by atoms with Crippen molar-refractivity contribution in [2.75, 3.05) is 7.05 Å². The fourth-order valence-electron chi connectivity index (χ4n) is 1.44. The minimum Gasteiger partial charge on any atom is -0.508 e. The first kappa shape index (κ1) is 13.4. The minimum absolute atomic E-state index is 0.143. The van der Waals surface area contributed by atoms with Crippen LogP contribution >= 0.6 is 12.2 Å². The number of nitrogens with two attached hydrogens (primary N) is 1. The maximum atomic E-state index is 12.2. The summed E-state index contributed by atoms with van der Waals surface area (Å²) >= 11 is 4.86. The van der Waals surface area contributed by atoms with Crippen LogP contribution in [0.1, 0.15) is 22.8 Å². The molecule has 1 atom stereocenters. The van der Waals surface area contributed by atoms with E-state index in [0.29, 0.717) is 5.56 Å². The van der Waals surface area contributed by atoms with Crippen molar-refractivity contribution in [3.8, 4) is 5.75 Å². The summed E-state index contributed by atoms with van der Waals surface area (Å²) in [6.07, 6.45) is 0. The number of carbonyl (C=O) groups is 1. The number of phenols is 1. The molecule has 0 aliphatic carbocycles. The molecular formula is C12H16N2O2S. The monoisotopic (exact) mass is 252 g/mol. The van der Waals surface area contributed by atoms with Crippen LogP contribution < -0.4 is 5.73 Å². The molecule has 1 aromatic rings. The SMILES string of the molecule is Cc1cc(O)ccc1C(=O)N(C)C(C)C(N)=S. The number of hydrogen-bond donors (Lipinski definition) is 2. The summed E-state index contributed by atoms with van der Waals surface area (Å²) in [4.78, 5) is 13.9. The van der Waals surface area contributed by atoms with Crippen LogP contribution in [0.2, 0.25) is 0 Å². The molecular weight excluding hydrogens is 236 g/mol. The van der Waals surface area contributed by atoms with E-state index in [4.69, 9.17) is 18.0 Å². The van der Waals surface area contributed by atoms with Crippen molar-refractivity contribution in [2.45, 2.75) is 19.9 Å². The second-order valence-corrected chi connectivity index (χ2v) is 4.47. The lowest BCUT2D eigenvalue weighted by Gasteiger charge is -2.24. The lowest BCUT2D eigenvalue weighted by Crippen LogP contribution is -2.42. The Hall–Kier alpha value is -1.62. The first-order valence-corrected chi connectivity index (χ1v) is 5.61. The van der Waals surface area contributed by atoms with Crippen molar-refractivity contribution in [1.82, 2.24) is 4.90 Å². The van der Waals surface area contributed by atoms with Gasteiger partial charge in [-0.3, -0.25) is 4.79 Å². The molecule has 0 aliphatic rings. The Bertz CT molecular complexity index is 460. The fraction of sp³-hybridized carbons (Fsp3) is 0.333. The Morgan fingerprint density at radius 2 is 2.12 bits per heavy atom. The van der Waals surface area contributed by atoms with Crippen molar-refractivity contribution in [3.05, 3.63) is 29.3 Å². The van der Waals surface area contributed by atoms with E-state index in [1.165, 1.54) is 11.0 Å². The Morgan fingerprint density at radius 1 is 1.53 bits per heavy atom. The smallest absolute Gasteiger partial charge is 0.254 e. The first-order chi connectivity index (χ1) is 7.84. The molecule has 1 unspecified atom stereocenters. The number of rotatable bonds is 3. The second-order valence-electron chi connectivity index (χ2n) is 3.99. The van der Waals surface area contributed by atoms with E-state index in [2.05, 4.69) is 0 Å². The third-order valence-corrected chi connectivity index (χ3v) is 3.09. The summed E-state index contributed by atoms with van der Waals surface area (Å²) in [5, 5.41) is 9.29. The highest BCUT2D eigenvalue weighted by molar-refractivity contribution is 7.80. The molecule has 1 amide bonds. The standard InChI is InChI=1S/C12H16N2O2S/c1-7-6-9(15)4-5-10(7)12(16)14(3)8(2)11(13)17/h4-6,8,15H,1-3H3,(H2,13,17). The fourth-order valence-corrected chi connectivity index (χ4v) is 1.60. The Kier molecular flexibility index (Phi) is 4.07.